The average Bonchev–Trinajstić information content (AvgIpc) is 2.45. The van der Waals surface area contributed by atoms with Gasteiger partial charge in [0.15, 0.2) is 39.6 Å². The summed E-state index contributed by atoms with van der Waals surface area (Å²) < 4.78 is 23.8. The summed E-state index contributed by atoms with van der Waals surface area (Å²) in [6, 6.07) is 2.31. The lowest BCUT2D eigenvalue weighted by Crippen LogP contribution is -2.42. The molecule has 0 spiro atoms. The van der Waals surface area contributed by atoms with Gasteiger partial charge in [0.25, 0.3) is 0 Å². The number of aliphatic hydroxyl groups excluding tert-OH is 1. The van der Waals surface area contributed by atoms with E-state index in [2.05, 4.69) is 65.5 Å². The van der Waals surface area contributed by atoms with Crippen molar-refractivity contribution in [1.82, 2.24) is 0 Å². The van der Waals surface area contributed by atoms with Crippen molar-refractivity contribution in [1.29, 1.82) is 0 Å². The minimum Gasteiger partial charge on any atom is -0.456 e. The summed E-state index contributed by atoms with van der Waals surface area (Å²) in [5, 5.41) is 9.91. The second kappa shape index (κ2) is 13.3. The molecule has 0 saturated heterocycles. The van der Waals surface area contributed by atoms with Crippen LogP contribution in [0.25, 0.3) is 0 Å². The van der Waals surface area contributed by atoms with Gasteiger partial charge >= 0.3 is 0 Å². The fourth-order valence-corrected chi connectivity index (χ4v) is 19.9. The highest BCUT2D eigenvalue weighted by atomic mass is 28.4. The fraction of sp³-hybridized carbons (Fsp3) is 1.00. The molecule has 0 heterocycles. The lowest BCUT2D eigenvalue weighted by Gasteiger charge is -2.31. The van der Waals surface area contributed by atoms with E-state index in [4.69, 9.17) is 17.7 Å². The number of hydrogen-bond donors (Lipinski definition) is 1. The molecular weight excluding hydrogens is 433 g/mol. The van der Waals surface area contributed by atoms with Crippen LogP contribution in [0.1, 0.15) is 25.7 Å². The van der Waals surface area contributed by atoms with E-state index in [9.17, 15) is 5.11 Å². The normalized spacial score (nSPS) is 15.0. The van der Waals surface area contributed by atoms with Gasteiger partial charge in [0, 0.05) is 13.2 Å². The predicted octanol–water partition coefficient (Wildman–Crippen LogP) is 6.01. The van der Waals surface area contributed by atoms with Gasteiger partial charge in [-0.05, 0) is 90.4 Å². The van der Waals surface area contributed by atoms with Crippen LogP contribution in [0, 0.1) is 0 Å². The van der Waals surface area contributed by atoms with Crippen molar-refractivity contribution >= 4 is 33.3 Å². The summed E-state index contributed by atoms with van der Waals surface area (Å²) in [5.74, 6) is 0. The van der Waals surface area contributed by atoms with Crippen molar-refractivity contribution in [2.45, 2.75) is 110 Å². The SMILES string of the molecule is C[Si](C)(C)O[Si](C)(C)CCCCOCC(O)OCCCC[Si](C)(C)O[Si](C)(C)C. The third-order valence-electron chi connectivity index (χ3n) is 4.23. The minimum atomic E-state index is -1.56. The number of rotatable bonds is 17. The maximum Gasteiger partial charge on any atom is 0.178 e. The number of unbranched alkanes of at least 4 members (excludes halogenated alkanes) is 2. The van der Waals surface area contributed by atoms with Gasteiger partial charge in [0.1, 0.15) is 0 Å². The van der Waals surface area contributed by atoms with Crippen molar-refractivity contribution in [3.63, 3.8) is 0 Å². The molecule has 0 aliphatic heterocycles. The molecule has 0 rings (SSSR count). The Morgan fingerprint density at radius 1 is 0.621 bits per heavy atom. The lowest BCUT2D eigenvalue weighted by molar-refractivity contribution is -0.138. The van der Waals surface area contributed by atoms with Gasteiger partial charge in [-0.1, -0.05) is 12.8 Å². The van der Waals surface area contributed by atoms with Gasteiger partial charge < -0.3 is 22.8 Å². The first-order valence-electron chi connectivity index (χ1n) is 11.3. The van der Waals surface area contributed by atoms with Crippen molar-refractivity contribution in [3.8, 4) is 0 Å². The quantitative estimate of drug-likeness (QED) is 0.156. The molecule has 0 radical (unpaired) electrons. The first kappa shape index (κ1) is 29.7. The van der Waals surface area contributed by atoms with Crippen LogP contribution in [-0.4, -0.2) is 64.5 Å². The first-order chi connectivity index (χ1) is 13.0. The molecule has 1 atom stereocenters. The number of aliphatic hydroxyl groups is 1. The smallest absolute Gasteiger partial charge is 0.178 e. The molecule has 1 N–H and O–H groups in total. The summed E-state index contributed by atoms with van der Waals surface area (Å²) in [5.41, 5.74) is 0. The Labute approximate surface area is 185 Å². The van der Waals surface area contributed by atoms with E-state index in [1.807, 2.05) is 0 Å². The van der Waals surface area contributed by atoms with E-state index in [1.54, 1.807) is 0 Å². The van der Waals surface area contributed by atoms with Crippen LogP contribution < -0.4 is 0 Å². The molecule has 0 aromatic rings. The molecule has 0 saturated carbocycles. The van der Waals surface area contributed by atoms with Crippen LogP contribution in [0.3, 0.4) is 0 Å². The molecule has 0 amide bonds. The summed E-state index contributed by atoms with van der Waals surface area (Å²) in [6.07, 6.45) is 3.37. The third-order valence-corrected chi connectivity index (χ3v) is 16.7. The van der Waals surface area contributed by atoms with Gasteiger partial charge in [-0.25, -0.2) is 0 Å². The van der Waals surface area contributed by atoms with Crippen LogP contribution in [-0.2, 0) is 17.7 Å². The number of hydrogen-bond acceptors (Lipinski definition) is 5. The van der Waals surface area contributed by atoms with E-state index >= 15 is 0 Å². The molecule has 0 fully saturated rings. The Hall–Kier alpha value is 0.668. The van der Waals surface area contributed by atoms with E-state index in [1.165, 1.54) is 6.04 Å². The van der Waals surface area contributed by atoms with Crippen molar-refractivity contribution < 1.29 is 22.8 Å². The third kappa shape index (κ3) is 20.3. The van der Waals surface area contributed by atoms with Gasteiger partial charge in [0.2, 0.25) is 0 Å². The zero-order chi connectivity index (χ0) is 22.8. The zero-order valence-electron chi connectivity index (χ0n) is 21.0. The summed E-state index contributed by atoms with van der Waals surface area (Å²) in [7, 11) is -6.01. The maximum atomic E-state index is 9.91. The summed E-state index contributed by atoms with van der Waals surface area (Å²) in [4.78, 5) is 0. The van der Waals surface area contributed by atoms with Crippen molar-refractivity contribution in [2.75, 3.05) is 19.8 Å². The molecule has 0 aliphatic rings. The van der Waals surface area contributed by atoms with Gasteiger partial charge in [-0.3, -0.25) is 0 Å². The second-order valence-electron chi connectivity index (χ2n) is 11.3. The second-order valence-corrected chi connectivity index (χ2v) is 29.4. The highest BCUT2D eigenvalue weighted by Gasteiger charge is 2.29. The van der Waals surface area contributed by atoms with Crippen LogP contribution in [0.15, 0.2) is 0 Å². The first-order valence-corrected chi connectivity index (χ1v) is 24.3. The van der Waals surface area contributed by atoms with Crippen LogP contribution in [0.2, 0.25) is 77.6 Å². The molecule has 0 bridgehead atoms. The van der Waals surface area contributed by atoms with Crippen molar-refractivity contribution in [3.05, 3.63) is 0 Å². The molecular formula is C20H50O5Si4. The molecule has 5 nitrogen and oxygen atoms in total. The Balaban J connectivity index is 3.70. The van der Waals surface area contributed by atoms with Gasteiger partial charge in [0.05, 0.1) is 6.61 Å². The predicted molar refractivity (Wildman–Crippen MR) is 135 cm³/mol. The standard InChI is InChI=1S/C20H50O5Si4/c1-26(2,3)24-28(7,8)17-13-11-15-22-19-20(21)23-16-12-14-18-29(9,10)25-27(4,5)6/h20-21H,11-19H2,1-10H3. The minimum absolute atomic E-state index is 0.255. The Bertz CT molecular complexity index is 434. The highest BCUT2D eigenvalue weighted by molar-refractivity contribution is 6.84. The van der Waals surface area contributed by atoms with E-state index in [-0.39, 0.29) is 6.61 Å². The molecule has 0 aromatic carbocycles. The summed E-state index contributed by atoms with van der Waals surface area (Å²) >= 11 is 0. The van der Waals surface area contributed by atoms with E-state index < -0.39 is 39.6 Å². The highest BCUT2D eigenvalue weighted by Crippen LogP contribution is 2.21. The molecule has 0 aliphatic carbocycles. The van der Waals surface area contributed by atoms with Crippen LogP contribution >= 0.6 is 0 Å². The monoisotopic (exact) mass is 482 g/mol. The van der Waals surface area contributed by atoms with E-state index in [0.717, 1.165) is 31.7 Å². The largest absolute Gasteiger partial charge is 0.456 e. The molecule has 176 valence electrons. The Morgan fingerprint density at radius 3 is 1.45 bits per heavy atom. The molecule has 29 heavy (non-hydrogen) atoms. The van der Waals surface area contributed by atoms with Crippen molar-refractivity contribution in [2.24, 2.45) is 0 Å². The maximum absolute atomic E-state index is 9.91. The van der Waals surface area contributed by atoms with Gasteiger partial charge in [-0.2, -0.15) is 0 Å². The summed E-state index contributed by atoms with van der Waals surface area (Å²) in [6.45, 7) is 24.3. The topological polar surface area (TPSA) is 57.2 Å². The number of ether oxygens (including phenoxy) is 2. The van der Waals surface area contributed by atoms with Gasteiger partial charge in [-0.15, -0.1) is 0 Å². The Morgan fingerprint density at radius 2 is 1.03 bits per heavy atom. The molecule has 9 heteroatoms. The zero-order valence-corrected chi connectivity index (χ0v) is 25.0. The van der Waals surface area contributed by atoms with Crippen LogP contribution in [0.5, 0.6) is 0 Å². The molecule has 1 unspecified atom stereocenters. The van der Waals surface area contributed by atoms with Crippen LogP contribution in [0.4, 0.5) is 0 Å². The fourth-order valence-electron chi connectivity index (χ4n) is 3.62. The van der Waals surface area contributed by atoms with E-state index in [0.29, 0.717) is 13.2 Å². The lowest BCUT2D eigenvalue weighted by atomic mass is 10.3. The average molecular weight is 483 g/mol. The Kier molecular flexibility index (Phi) is 13.6. The molecule has 0 aromatic heterocycles.